The fourth-order valence-corrected chi connectivity index (χ4v) is 2.39. The smallest absolute Gasteiger partial charge is 0.0737 e. The minimum atomic E-state index is -0.193. The Morgan fingerprint density at radius 1 is 1.27 bits per heavy atom. The molecule has 2 rings (SSSR count). The van der Waals surface area contributed by atoms with Gasteiger partial charge in [-0.3, -0.25) is 0 Å². The summed E-state index contributed by atoms with van der Waals surface area (Å²) in [5, 5.41) is 9.71. The summed E-state index contributed by atoms with van der Waals surface area (Å²) < 4.78 is 0. The van der Waals surface area contributed by atoms with Crippen molar-refractivity contribution < 1.29 is 5.11 Å². The second-order valence-electron chi connectivity index (χ2n) is 5.12. The van der Waals surface area contributed by atoms with Crippen LogP contribution in [0, 0.1) is 6.92 Å². The predicted molar refractivity (Wildman–Crippen MR) is 63.2 cm³/mol. The second kappa shape index (κ2) is 3.53. The highest BCUT2D eigenvalue weighted by molar-refractivity contribution is 5.51. The van der Waals surface area contributed by atoms with Gasteiger partial charge in [0.25, 0.3) is 0 Å². The van der Waals surface area contributed by atoms with E-state index < -0.39 is 0 Å². The van der Waals surface area contributed by atoms with Gasteiger partial charge in [0.05, 0.1) is 6.10 Å². The first-order valence-corrected chi connectivity index (χ1v) is 5.51. The molecule has 0 bridgehead atoms. The van der Waals surface area contributed by atoms with Crippen LogP contribution in [0.2, 0.25) is 0 Å². The van der Waals surface area contributed by atoms with E-state index in [1.165, 1.54) is 11.3 Å². The summed E-state index contributed by atoms with van der Waals surface area (Å²) in [7, 11) is 0. The topological polar surface area (TPSA) is 23.5 Å². The second-order valence-corrected chi connectivity index (χ2v) is 5.12. The molecule has 1 aromatic carbocycles. The number of rotatable bonds is 1. The van der Waals surface area contributed by atoms with Crippen molar-refractivity contribution in [1.29, 1.82) is 0 Å². The van der Waals surface area contributed by atoms with E-state index >= 15 is 0 Å². The summed E-state index contributed by atoms with van der Waals surface area (Å²) in [5.74, 6) is 0. The maximum absolute atomic E-state index is 9.71. The van der Waals surface area contributed by atoms with Gasteiger partial charge < -0.3 is 10.0 Å². The lowest BCUT2D eigenvalue weighted by Gasteiger charge is -2.33. The van der Waals surface area contributed by atoms with Crippen LogP contribution in [0.1, 0.15) is 25.8 Å². The number of aliphatic hydroxyl groups is 1. The van der Waals surface area contributed by atoms with Crippen molar-refractivity contribution >= 4 is 5.69 Å². The van der Waals surface area contributed by atoms with E-state index in [2.05, 4.69) is 49.9 Å². The largest absolute Gasteiger partial charge is 0.391 e. The molecule has 15 heavy (non-hydrogen) atoms. The van der Waals surface area contributed by atoms with Crippen LogP contribution in [-0.4, -0.2) is 23.3 Å². The Bertz CT molecular complexity index is 342. The molecule has 1 aliphatic rings. The standard InChI is InChI=1S/C13H19NO/c1-10-4-6-11(7-5-10)14-9-12(15)8-13(14,2)3/h4-7,12,15H,8-9H2,1-3H3. The Hall–Kier alpha value is -1.02. The molecule has 1 atom stereocenters. The fraction of sp³-hybridized carbons (Fsp3) is 0.538. The molecule has 1 saturated heterocycles. The van der Waals surface area contributed by atoms with Crippen molar-refractivity contribution in [2.75, 3.05) is 11.4 Å². The van der Waals surface area contributed by atoms with Crippen molar-refractivity contribution in [2.45, 2.75) is 38.8 Å². The molecule has 1 N–H and O–H groups in total. The molecule has 0 amide bonds. The van der Waals surface area contributed by atoms with E-state index in [-0.39, 0.29) is 11.6 Å². The van der Waals surface area contributed by atoms with Crippen molar-refractivity contribution in [3.8, 4) is 0 Å². The quantitative estimate of drug-likeness (QED) is 0.760. The van der Waals surface area contributed by atoms with Gasteiger partial charge >= 0.3 is 0 Å². The van der Waals surface area contributed by atoms with E-state index in [0.29, 0.717) is 0 Å². The molecule has 1 heterocycles. The number of aryl methyl sites for hydroxylation is 1. The Morgan fingerprint density at radius 3 is 2.33 bits per heavy atom. The first kappa shape index (κ1) is 10.5. The van der Waals surface area contributed by atoms with E-state index in [9.17, 15) is 5.11 Å². The fourth-order valence-electron chi connectivity index (χ4n) is 2.39. The van der Waals surface area contributed by atoms with Gasteiger partial charge in [0, 0.05) is 17.8 Å². The zero-order valence-electron chi connectivity index (χ0n) is 9.70. The number of anilines is 1. The number of nitrogens with zero attached hydrogens (tertiary/aromatic N) is 1. The Morgan fingerprint density at radius 2 is 1.87 bits per heavy atom. The van der Waals surface area contributed by atoms with Crippen LogP contribution in [0.4, 0.5) is 5.69 Å². The highest BCUT2D eigenvalue weighted by Crippen LogP contribution is 2.33. The summed E-state index contributed by atoms with van der Waals surface area (Å²) in [5.41, 5.74) is 2.55. The van der Waals surface area contributed by atoms with Crippen LogP contribution in [0.5, 0.6) is 0 Å². The minimum Gasteiger partial charge on any atom is -0.391 e. The molecular weight excluding hydrogens is 186 g/mol. The van der Waals surface area contributed by atoms with E-state index in [1.54, 1.807) is 0 Å². The van der Waals surface area contributed by atoms with Crippen molar-refractivity contribution in [2.24, 2.45) is 0 Å². The summed E-state index contributed by atoms with van der Waals surface area (Å²) in [6.07, 6.45) is 0.655. The number of hydrogen-bond acceptors (Lipinski definition) is 2. The number of hydrogen-bond donors (Lipinski definition) is 1. The number of benzene rings is 1. The normalized spacial score (nSPS) is 24.5. The molecule has 0 saturated carbocycles. The molecule has 0 radical (unpaired) electrons. The van der Waals surface area contributed by atoms with Crippen molar-refractivity contribution in [3.05, 3.63) is 29.8 Å². The molecule has 82 valence electrons. The van der Waals surface area contributed by atoms with Gasteiger partial charge in [0.15, 0.2) is 0 Å². The van der Waals surface area contributed by atoms with Crippen LogP contribution in [-0.2, 0) is 0 Å². The average molecular weight is 205 g/mol. The van der Waals surface area contributed by atoms with E-state index in [4.69, 9.17) is 0 Å². The van der Waals surface area contributed by atoms with Crippen LogP contribution in [0.3, 0.4) is 0 Å². The summed E-state index contributed by atoms with van der Waals surface area (Å²) in [4.78, 5) is 2.29. The van der Waals surface area contributed by atoms with Gasteiger partial charge in [0.2, 0.25) is 0 Å². The SMILES string of the molecule is Cc1ccc(N2CC(O)CC2(C)C)cc1. The van der Waals surface area contributed by atoms with Gasteiger partial charge in [-0.2, -0.15) is 0 Å². The molecular formula is C13H19NO. The van der Waals surface area contributed by atoms with E-state index in [1.807, 2.05) is 0 Å². The maximum Gasteiger partial charge on any atom is 0.0737 e. The maximum atomic E-state index is 9.71. The highest BCUT2D eigenvalue weighted by Gasteiger charge is 2.37. The van der Waals surface area contributed by atoms with Crippen LogP contribution >= 0.6 is 0 Å². The third-order valence-corrected chi connectivity index (χ3v) is 3.20. The molecule has 0 spiro atoms. The zero-order chi connectivity index (χ0) is 11.1. The molecule has 1 aromatic rings. The molecule has 1 fully saturated rings. The molecule has 2 nitrogen and oxygen atoms in total. The Balaban J connectivity index is 2.27. The molecule has 2 heteroatoms. The lowest BCUT2D eigenvalue weighted by molar-refractivity contribution is 0.188. The highest BCUT2D eigenvalue weighted by atomic mass is 16.3. The molecule has 1 aliphatic heterocycles. The van der Waals surface area contributed by atoms with Crippen LogP contribution in [0.15, 0.2) is 24.3 Å². The monoisotopic (exact) mass is 205 g/mol. The lowest BCUT2D eigenvalue weighted by Crippen LogP contribution is -2.38. The number of aliphatic hydroxyl groups excluding tert-OH is 1. The lowest BCUT2D eigenvalue weighted by atomic mass is 10.0. The Kier molecular flexibility index (Phi) is 2.47. The van der Waals surface area contributed by atoms with Crippen molar-refractivity contribution in [3.63, 3.8) is 0 Å². The summed E-state index contributed by atoms with van der Waals surface area (Å²) >= 11 is 0. The average Bonchev–Trinajstić information content (AvgIpc) is 2.41. The van der Waals surface area contributed by atoms with Gasteiger partial charge in [-0.1, -0.05) is 17.7 Å². The predicted octanol–water partition coefficient (Wildman–Crippen LogP) is 2.34. The first-order valence-electron chi connectivity index (χ1n) is 5.51. The molecule has 1 unspecified atom stereocenters. The van der Waals surface area contributed by atoms with Crippen molar-refractivity contribution in [1.82, 2.24) is 0 Å². The number of β-amino-alcohol motifs (C(OH)–C–C–N with tert-alkyl or cyclic N) is 1. The summed E-state index contributed by atoms with van der Waals surface area (Å²) in [6.45, 7) is 7.20. The van der Waals surface area contributed by atoms with Gasteiger partial charge in [-0.05, 0) is 39.3 Å². The van der Waals surface area contributed by atoms with Gasteiger partial charge in [-0.15, -0.1) is 0 Å². The third kappa shape index (κ3) is 2.00. The van der Waals surface area contributed by atoms with E-state index in [0.717, 1.165) is 13.0 Å². The Labute approximate surface area is 91.5 Å². The zero-order valence-corrected chi connectivity index (χ0v) is 9.70. The molecule has 0 aliphatic carbocycles. The van der Waals surface area contributed by atoms with Gasteiger partial charge in [-0.25, -0.2) is 0 Å². The summed E-state index contributed by atoms with van der Waals surface area (Å²) in [6, 6.07) is 8.51. The van der Waals surface area contributed by atoms with Crippen LogP contribution < -0.4 is 4.90 Å². The molecule has 0 aromatic heterocycles. The minimum absolute atomic E-state index is 0.0642. The first-order chi connectivity index (χ1) is 6.99. The third-order valence-electron chi connectivity index (χ3n) is 3.20. The van der Waals surface area contributed by atoms with Gasteiger partial charge in [0.1, 0.15) is 0 Å². The van der Waals surface area contributed by atoms with Crippen LogP contribution in [0.25, 0.3) is 0 Å².